The maximum absolute atomic E-state index is 13.5. The standard InChI is InChI=1S/C26H21BrN2O4/c1-17(2)33-23-14-13-19(27)15-18(23)16-22-24(30)28(20-9-5-3-6-10-20)26(32)29(25(22)31)21-11-7-4-8-12-21/h3-17H,1-2H3. The number of carbonyl (C=O) groups is 3. The minimum atomic E-state index is -0.729. The van der Waals surface area contributed by atoms with Gasteiger partial charge in [-0.15, -0.1) is 0 Å². The maximum Gasteiger partial charge on any atom is 0.343 e. The van der Waals surface area contributed by atoms with Crippen LogP contribution >= 0.6 is 15.9 Å². The molecule has 1 fully saturated rings. The van der Waals surface area contributed by atoms with Crippen molar-refractivity contribution in [2.24, 2.45) is 0 Å². The smallest absolute Gasteiger partial charge is 0.343 e. The molecule has 7 heteroatoms. The number of nitrogens with zero attached hydrogens (tertiary/aromatic N) is 2. The largest absolute Gasteiger partial charge is 0.490 e. The first-order valence-electron chi connectivity index (χ1n) is 10.4. The van der Waals surface area contributed by atoms with Gasteiger partial charge < -0.3 is 4.74 Å². The van der Waals surface area contributed by atoms with Gasteiger partial charge in [0.15, 0.2) is 0 Å². The number of barbiturate groups is 1. The second kappa shape index (κ2) is 9.42. The molecule has 0 aromatic heterocycles. The SMILES string of the molecule is CC(C)Oc1ccc(Br)cc1C=C1C(=O)N(c2ccccc2)C(=O)N(c2ccccc2)C1=O. The van der Waals surface area contributed by atoms with Gasteiger partial charge in [0.2, 0.25) is 0 Å². The molecule has 4 amide bonds. The molecule has 0 unspecified atom stereocenters. The van der Waals surface area contributed by atoms with E-state index in [1.165, 1.54) is 6.08 Å². The van der Waals surface area contributed by atoms with Crippen LogP contribution in [0.2, 0.25) is 0 Å². The summed E-state index contributed by atoms with van der Waals surface area (Å²) in [5.74, 6) is -0.867. The molecule has 0 aliphatic carbocycles. The molecule has 4 rings (SSSR count). The summed E-state index contributed by atoms with van der Waals surface area (Å²) in [6.07, 6.45) is 1.37. The number of para-hydroxylation sites is 2. The van der Waals surface area contributed by atoms with Crippen molar-refractivity contribution in [1.82, 2.24) is 0 Å². The Morgan fingerprint density at radius 2 is 1.30 bits per heavy atom. The van der Waals surface area contributed by atoms with Crippen LogP contribution < -0.4 is 14.5 Å². The van der Waals surface area contributed by atoms with E-state index in [-0.39, 0.29) is 11.7 Å². The lowest BCUT2D eigenvalue weighted by Crippen LogP contribution is -2.57. The minimum absolute atomic E-state index is 0.107. The number of amides is 4. The Bertz CT molecular complexity index is 1180. The number of hydrogen-bond acceptors (Lipinski definition) is 4. The summed E-state index contributed by atoms with van der Waals surface area (Å²) in [5.41, 5.74) is 1.15. The molecule has 0 N–H and O–H groups in total. The molecule has 166 valence electrons. The zero-order chi connectivity index (χ0) is 23.5. The molecule has 0 bridgehead atoms. The first kappa shape index (κ1) is 22.5. The molecule has 1 aliphatic heterocycles. The van der Waals surface area contributed by atoms with Crippen LogP contribution in [-0.2, 0) is 9.59 Å². The van der Waals surface area contributed by atoms with E-state index >= 15 is 0 Å². The molecule has 3 aromatic carbocycles. The normalized spacial score (nSPS) is 14.2. The first-order valence-corrected chi connectivity index (χ1v) is 11.2. The number of anilines is 2. The number of halogens is 1. The van der Waals surface area contributed by atoms with E-state index in [2.05, 4.69) is 15.9 Å². The van der Waals surface area contributed by atoms with Gasteiger partial charge >= 0.3 is 6.03 Å². The quantitative estimate of drug-likeness (QED) is 0.324. The Labute approximate surface area is 200 Å². The van der Waals surface area contributed by atoms with Crippen molar-refractivity contribution in [2.45, 2.75) is 20.0 Å². The van der Waals surface area contributed by atoms with Gasteiger partial charge in [-0.2, -0.15) is 0 Å². The average molecular weight is 505 g/mol. The van der Waals surface area contributed by atoms with Crippen LogP contribution in [-0.4, -0.2) is 23.9 Å². The summed E-state index contributed by atoms with van der Waals surface area (Å²) in [5, 5.41) is 0. The lowest BCUT2D eigenvalue weighted by atomic mass is 10.0. The molecule has 0 spiro atoms. The molecule has 6 nitrogen and oxygen atoms in total. The number of rotatable bonds is 5. The van der Waals surface area contributed by atoms with E-state index in [0.29, 0.717) is 22.7 Å². The van der Waals surface area contributed by atoms with Crippen molar-refractivity contribution in [1.29, 1.82) is 0 Å². The van der Waals surface area contributed by atoms with Crippen molar-refractivity contribution in [2.75, 3.05) is 9.80 Å². The second-order valence-corrected chi connectivity index (χ2v) is 8.56. The highest BCUT2D eigenvalue weighted by Gasteiger charge is 2.43. The van der Waals surface area contributed by atoms with Gasteiger partial charge in [0.25, 0.3) is 11.8 Å². The average Bonchev–Trinajstić information content (AvgIpc) is 2.79. The minimum Gasteiger partial charge on any atom is -0.490 e. The molecule has 0 radical (unpaired) electrons. The number of benzene rings is 3. The molecule has 1 saturated heterocycles. The number of urea groups is 1. The highest BCUT2D eigenvalue weighted by molar-refractivity contribution is 9.10. The third kappa shape index (κ3) is 4.59. The van der Waals surface area contributed by atoms with Gasteiger partial charge in [-0.05, 0) is 62.4 Å². The van der Waals surface area contributed by atoms with Crippen LogP contribution in [0.15, 0.2) is 88.9 Å². The number of imide groups is 2. The van der Waals surface area contributed by atoms with Crippen molar-refractivity contribution in [3.63, 3.8) is 0 Å². The maximum atomic E-state index is 13.5. The van der Waals surface area contributed by atoms with E-state index in [4.69, 9.17) is 4.74 Å². The van der Waals surface area contributed by atoms with Gasteiger partial charge in [0.05, 0.1) is 17.5 Å². The Morgan fingerprint density at radius 3 is 1.79 bits per heavy atom. The third-order valence-corrected chi connectivity index (χ3v) is 5.41. The summed E-state index contributed by atoms with van der Waals surface area (Å²) < 4.78 is 6.64. The summed E-state index contributed by atoms with van der Waals surface area (Å²) in [7, 11) is 0. The fourth-order valence-electron chi connectivity index (χ4n) is 3.49. The van der Waals surface area contributed by atoms with Crippen molar-refractivity contribution >= 4 is 51.2 Å². The summed E-state index contributed by atoms with van der Waals surface area (Å²) in [6.45, 7) is 3.78. The monoisotopic (exact) mass is 504 g/mol. The third-order valence-electron chi connectivity index (χ3n) is 4.91. The molecule has 0 atom stereocenters. The number of hydrogen-bond donors (Lipinski definition) is 0. The Balaban J connectivity index is 1.89. The molecular formula is C26H21BrN2O4. The topological polar surface area (TPSA) is 66.9 Å². The van der Waals surface area contributed by atoms with Gasteiger partial charge in [0, 0.05) is 10.0 Å². The van der Waals surface area contributed by atoms with Gasteiger partial charge in [0.1, 0.15) is 11.3 Å². The van der Waals surface area contributed by atoms with Crippen LogP contribution in [0.5, 0.6) is 5.75 Å². The lowest BCUT2D eigenvalue weighted by molar-refractivity contribution is -0.121. The zero-order valence-electron chi connectivity index (χ0n) is 18.1. The van der Waals surface area contributed by atoms with Crippen LogP contribution in [0.3, 0.4) is 0 Å². The van der Waals surface area contributed by atoms with Gasteiger partial charge in [-0.3, -0.25) is 9.59 Å². The molecule has 1 heterocycles. The highest BCUT2D eigenvalue weighted by atomic mass is 79.9. The van der Waals surface area contributed by atoms with Crippen molar-refractivity contribution in [3.8, 4) is 5.75 Å². The van der Waals surface area contributed by atoms with Crippen LogP contribution in [0.25, 0.3) is 6.08 Å². The van der Waals surface area contributed by atoms with E-state index in [1.54, 1.807) is 72.8 Å². The summed E-state index contributed by atoms with van der Waals surface area (Å²) in [6, 6.07) is 21.7. The van der Waals surface area contributed by atoms with Gasteiger partial charge in [-0.25, -0.2) is 14.6 Å². The molecule has 33 heavy (non-hydrogen) atoms. The fraction of sp³-hybridized carbons (Fsp3) is 0.115. The van der Waals surface area contributed by atoms with Crippen LogP contribution in [0, 0.1) is 0 Å². The Kier molecular flexibility index (Phi) is 6.42. The number of carbonyl (C=O) groups excluding carboxylic acids is 3. The van der Waals surface area contributed by atoms with Crippen molar-refractivity contribution in [3.05, 3.63) is 94.5 Å². The fourth-order valence-corrected chi connectivity index (χ4v) is 3.87. The van der Waals surface area contributed by atoms with Crippen LogP contribution in [0.1, 0.15) is 19.4 Å². The van der Waals surface area contributed by atoms with E-state index in [0.717, 1.165) is 14.3 Å². The van der Waals surface area contributed by atoms with E-state index < -0.39 is 17.8 Å². The number of ether oxygens (including phenoxy) is 1. The van der Waals surface area contributed by atoms with E-state index in [9.17, 15) is 14.4 Å². The zero-order valence-corrected chi connectivity index (χ0v) is 19.7. The molecular weight excluding hydrogens is 484 g/mol. The first-order chi connectivity index (χ1) is 15.9. The molecule has 0 saturated carbocycles. The van der Waals surface area contributed by atoms with E-state index in [1.807, 2.05) is 19.9 Å². The summed E-state index contributed by atoms with van der Waals surface area (Å²) >= 11 is 3.43. The predicted octanol–water partition coefficient (Wildman–Crippen LogP) is 5.82. The second-order valence-electron chi connectivity index (χ2n) is 7.64. The predicted molar refractivity (Wildman–Crippen MR) is 131 cm³/mol. The Hall–Kier alpha value is -3.71. The summed E-state index contributed by atoms with van der Waals surface area (Å²) in [4.78, 5) is 42.4. The Morgan fingerprint density at radius 1 is 0.788 bits per heavy atom. The van der Waals surface area contributed by atoms with Crippen molar-refractivity contribution < 1.29 is 19.1 Å². The highest BCUT2D eigenvalue weighted by Crippen LogP contribution is 2.32. The molecule has 3 aromatic rings. The lowest BCUT2D eigenvalue weighted by Gasteiger charge is -2.34. The van der Waals surface area contributed by atoms with Crippen LogP contribution in [0.4, 0.5) is 16.2 Å². The van der Waals surface area contributed by atoms with Gasteiger partial charge in [-0.1, -0.05) is 52.3 Å². The molecule has 1 aliphatic rings.